The highest BCUT2D eigenvalue weighted by Gasteiger charge is 2.32. The maximum atomic E-state index is 11.1. The smallest absolute Gasteiger partial charge is 0.307 e. The Labute approximate surface area is 201 Å². The van der Waals surface area contributed by atoms with Crippen molar-refractivity contribution < 1.29 is 19.7 Å². The molecule has 0 radical (unpaired) electrons. The minimum atomic E-state index is -1.08. The maximum absolute atomic E-state index is 11.1. The van der Waals surface area contributed by atoms with E-state index >= 15 is 0 Å². The summed E-state index contributed by atoms with van der Waals surface area (Å²) in [6, 6.07) is 15.8. The summed E-state index contributed by atoms with van der Waals surface area (Å²) in [6.07, 6.45) is 0.883. The van der Waals surface area contributed by atoms with Gasteiger partial charge in [-0.1, -0.05) is 48.9 Å². The third kappa shape index (κ3) is 7.71. The van der Waals surface area contributed by atoms with E-state index in [-0.39, 0.29) is 13.0 Å². The van der Waals surface area contributed by atoms with E-state index in [1.54, 1.807) is 31.2 Å². The number of ether oxygens (including phenoxy) is 1. The van der Waals surface area contributed by atoms with Gasteiger partial charge in [0.1, 0.15) is 18.0 Å². The van der Waals surface area contributed by atoms with E-state index in [1.807, 2.05) is 12.1 Å². The molecule has 4 atom stereocenters. The average Bonchev–Trinajstić information content (AvgIpc) is 2.76. The second-order valence-corrected chi connectivity index (χ2v) is 10.0. The highest BCUT2D eigenvalue weighted by Crippen LogP contribution is 2.25. The van der Waals surface area contributed by atoms with Gasteiger partial charge in [0.05, 0.1) is 6.42 Å². The Morgan fingerprint density at radius 1 is 1.21 bits per heavy atom. The predicted octanol–water partition coefficient (Wildman–Crippen LogP) is 3.99. The summed E-state index contributed by atoms with van der Waals surface area (Å²) in [5, 5.41) is 24.3. The van der Waals surface area contributed by atoms with Gasteiger partial charge >= 0.3 is 5.97 Å². The summed E-state index contributed by atoms with van der Waals surface area (Å²) in [7, 11) is 0. The number of hydrogen-bond donors (Lipinski definition) is 3. The predicted molar refractivity (Wildman–Crippen MR) is 131 cm³/mol. The summed E-state index contributed by atoms with van der Waals surface area (Å²) in [4.78, 5) is 13.6. The molecular weight excluding hydrogens is 440 g/mol. The van der Waals surface area contributed by atoms with Gasteiger partial charge in [-0.15, -0.1) is 0 Å². The largest absolute Gasteiger partial charge is 0.490 e. The number of hydrogen-bond acceptors (Lipinski definition) is 5. The molecule has 0 spiro atoms. The van der Waals surface area contributed by atoms with Crippen LogP contribution in [0.1, 0.15) is 38.3 Å². The van der Waals surface area contributed by atoms with Gasteiger partial charge in [-0.25, -0.2) is 0 Å². The number of aliphatic carboxylic acids is 1. The number of nitrogens with one attached hydrogen (secondary N) is 1. The summed E-state index contributed by atoms with van der Waals surface area (Å²) >= 11 is 6.01. The molecule has 1 fully saturated rings. The summed E-state index contributed by atoms with van der Waals surface area (Å²) in [5.41, 5.74) is 0.775. The molecule has 0 aliphatic carbocycles. The number of piperidine rings is 1. The van der Waals surface area contributed by atoms with E-state index in [0.717, 1.165) is 24.5 Å². The number of carboxylic acids is 1. The van der Waals surface area contributed by atoms with Crippen LogP contribution in [0.5, 0.6) is 5.75 Å². The summed E-state index contributed by atoms with van der Waals surface area (Å²) in [5.74, 6) is 0.0178. The van der Waals surface area contributed by atoms with E-state index in [9.17, 15) is 9.90 Å². The van der Waals surface area contributed by atoms with Gasteiger partial charge < -0.3 is 20.3 Å². The van der Waals surface area contributed by atoms with Gasteiger partial charge in [0.2, 0.25) is 0 Å². The number of nitrogens with zero attached hydrogens (tertiary/aromatic N) is 1. The second-order valence-electron chi connectivity index (χ2n) is 9.57. The third-order valence-electron chi connectivity index (χ3n) is 6.32. The highest BCUT2D eigenvalue weighted by molar-refractivity contribution is 6.30. The fourth-order valence-electron chi connectivity index (χ4n) is 4.34. The zero-order valence-electron chi connectivity index (χ0n) is 19.6. The summed E-state index contributed by atoms with van der Waals surface area (Å²) in [6.45, 7) is 8.58. The van der Waals surface area contributed by atoms with Crippen molar-refractivity contribution in [2.24, 2.45) is 5.92 Å². The Bertz CT molecular complexity index is 919. The molecule has 0 aromatic heterocycles. The van der Waals surface area contributed by atoms with Crippen LogP contribution in [0.4, 0.5) is 0 Å². The van der Waals surface area contributed by atoms with Crippen molar-refractivity contribution in [3.8, 4) is 5.75 Å². The van der Waals surface area contributed by atoms with Gasteiger partial charge in [-0.05, 0) is 49.9 Å². The van der Waals surface area contributed by atoms with Crippen LogP contribution in [0.2, 0.25) is 5.02 Å². The van der Waals surface area contributed by atoms with Crippen molar-refractivity contribution in [3.05, 3.63) is 64.7 Å². The molecule has 2 aromatic carbocycles. The second kappa shape index (κ2) is 11.3. The van der Waals surface area contributed by atoms with Gasteiger partial charge in [-0.2, -0.15) is 0 Å². The summed E-state index contributed by atoms with van der Waals surface area (Å²) < 4.78 is 5.81. The van der Waals surface area contributed by atoms with Crippen LogP contribution in [-0.2, 0) is 17.8 Å². The van der Waals surface area contributed by atoms with Crippen LogP contribution in [0.25, 0.3) is 0 Å². The molecule has 1 saturated heterocycles. The van der Waals surface area contributed by atoms with Crippen LogP contribution in [0, 0.1) is 5.92 Å². The van der Waals surface area contributed by atoms with Crippen molar-refractivity contribution in [2.45, 2.75) is 57.8 Å². The lowest BCUT2D eigenvalue weighted by Gasteiger charge is -2.43. The Morgan fingerprint density at radius 2 is 1.91 bits per heavy atom. The molecule has 1 unspecified atom stereocenters. The van der Waals surface area contributed by atoms with E-state index in [0.29, 0.717) is 35.9 Å². The number of benzene rings is 2. The standard InChI is InChI=1S/C26H35ClN2O4/c1-18-14-29(15-20-8-10-22(27)11-9-20)19(2)12-23(18)28-16-26(3,32)17-33-24-7-5-4-6-21(24)13-25(30)31/h4-11,18-19,23,28,32H,12-17H2,1-3H3,(H,30,31)/t18-,19-,23?,26-/m0/s1. The number of likely N-dealkylation sites (tertiary alicyclic amines) is 1. The molecule has 3 N–H and O–H groups in total. The zero-order valence-corrected chi connectivity index (χ0v) is 20.4. The highest BCUT2D eigenvalue weighted by atomic mass is 35.5. The normalized spacial score (nSPS) is 23.1. The maximum Gasteiger partial charge on any atom is 0.307 e. The molecule has 1 aliphatic rings. The van der Waals surface area contributed by atoms with E-state index < -0.39 is 11.6 Å². The quantitative estimate of drug-likeness (QED) is 0.483. The first-order valence-corrected chi connectivity index (χ1v) is 11.9. The Kier molecular flexibility index (Phi) is 8.76. The number of aliphatic hydroxyl groups is 1. The van der Waals surface area contributed by atoms with Crippen molar-refractivity contribution in [3.63, 3.8) is 0 Å². The van der Waals surface area contributed by atoms with Crippen molar-refractivity contribution in [2.75, 3.05) is 19.7 Å². The average molecular weight is 475 g/mol. The van der Waals surface area contributed by atoms with Crippen LogP contribution >= 0.6 is 11.6 Å². The van der Waals surface area contributed by atoms with Crippen LogP contribution < -0.4 is 10.1 Å². The van der Waals surface area contributed by atoms with Gasteiger partial charge in [-0.3, -0.25) is 9.69 Å². The molecule has 0 amide bonds. The molecule has 6 nitrogen and oxygen atoms in total. The lowest BCUT2D eigenvalue weighted by atomic mass is 9.88. The van der Waals surface area contributed by atoms with Crippen LogP contribution in [0.15, 0.2) is 48.5 Å². The van der Waals surface area contributed by atoms with E-state index in [1.165, 1.54) is 5.56 Å². The first-order valence-electron chi connectivity index (χ1n) is 11.5. The van der Waals surface area contributed by atoms with Crippen molar-refractivity contribution >= 4 is 17.6 Å². The van der Waals surface area contributed by atoms with Crippen LogP contribution in [0.3, 0.4) is 0 Å². The van der Waals surface area contributed by atoms with Gasteiger partial charge in [0.15, 0.2) is 0 Å². The SMILES string of the molecule is C[C@H]1CN(Cc2ccc(Cl)cc2)[C@@H](C)CC1NC[C@](C)(O)COc1ccccc1CC(=O)O. The fourth-order valence-corrected chi connectivity index (χ4v) is 4.47. The molecule has 7 heteroatoms. The van der Waals surface area contributed by atoms with Gasteiger partial charge in [0.25, 0.3) is 0 Å². The molecule has 1 aliphatic heterocycles. The molecule has 180 valence electrons. The lowest BCUT2D eigenvalue weighted by Crippen LogP contribution is -2.55. The lowest BCUT2D eigenvalue weighted by molar-refractivity contribution is -0.136. The third-order valence-corrected chi connectivity index (χ3v) is 6.58. The fraction of sp³-hybridized carbons (Fsp3) is 0.500. The Hall–Kier alpha value is -2.12. The van der Waals surface area contributed by atoms with E-state index in [2.05, 4.69) is 36.2 Å². The first-order chi connectivity index (χ1) is 15.6. The molecule has 0 saturated carbocycles. The number of carboxylic acid groups (broad SMARTS) is 1. The molecular formula is C26H35ClN2O4. The Morgan fingerprint density at radius 3 is 2.61 bits per heavy atom. The molecule has 33 heavy (non-hydrogen) atoms. The molecule has 0 bridgehead atoms. The number of carbonyl (C=O) groups is 1. The van der Waals surface area contributed by atoms with Gasteiger partial charge in [0, 0.05) is 42.3 Å². The molecule has 3 rings (SSSR count). The Balaban J connectivity index is 1.50. The minimum absolute atomic E-state index is 0.0793. The number of rotatable bonds is 10. The van der Waals surface area contributed by atoms with Crippen LogP contribution in [-0.4, -0.2) is 58.5 Å². The zero-order chi connectivity index (χ0) is 24.0. The van der Waals surface area contributed by atoms with E-state index in [4.69, 9.17) is 21.4 Å². The number of para-hydroxylation sites is 1. The minimum Gasteiger partial charge on any atom is -0.490 e. The molecule has 1 heterocycles. The molecule has 2 aromatic rings. The monoisotopic (exact) mass is 474 g/mol. The number of halogens is 1. The van der Waals surface area contributed by atoms with Crippen molar-refractivity contribution in [1.29, 1.82) is 0 Å². The first kappa shape index (κ1) is 25.5. The topological polar surface area (TPSA) is 82.0 Å². The van der Waals surface area contributed by atoms with Crippen molar-refractivity contribution in [1.82, 2.24) is 10.2 Å².